The van der Waals surface area contributed by atoms with Crippen molar-refractivity contribution in [2.75, 3.05) is 0 Å². The van der Waals surface area contributed by atoms with E-state index in [1.165, 1.54) is 27.8 Å². The lowest BCUT2D eigenvalue weighted by Gasteiger charge is -2.30. The molecule has 0 fully saturated rings. The van der Waals surface area contributed by atoms with Gasteiger partial charge in [-0.2, -0.15) is 0 Å². The van der Waals surface area contributed by atoms with Gasteiger partial charge in [-0.05, 0) is 41.7 Å². The van der Waals surface area contributed by atoms with Gasteiger partial charge in [-0.15, -0.1) is 0 Å². The Hall–Kier alpha value is -2.16. The molecule has 0 bridgehead atoms. The molecule has 1 nitrogen and oxygen atoms in total. The monoisotopic (exact) mass is 332 g/mol. The van der Waals surface area contributed by atoms with Crippen LogP contribution >= 0.6 is 0 Å². The average Bonchev–Trinajstić information content (AvgIpc) is 2.62. The van der Waals surface area contributed by atoms with E-state index in [2.05, 4.69) is 92.7 Å². The number of hydrogen-bond donors (Lipinski definition) is 0. The lowest BCUT2D eigenvalue weighted by atomic mass is 9.80. The predicted molar refractivity (Wildman–Crippen MR) is 104 cm³/mol. The van der Waals surface area contributed by atoms with Crippen LogP contribution in [0.4, 0.5) is 0 Å². The van der Waals surface area contributed by atoms with E-state index in [0.717, 1.165) is 0 Å². The fourth-order valence-corrected chi connectivity index (χ4v) is 4.02. The highest BCUT2D eigenvalue weighted by molar-refractivity contribution is 5.98. The highest BCUT2D eigenvalue weighted by Crippen LogP contribution is 2.41. The molecule has 122 valence electrons. The second kappa shape index (κ2) is 7.60. The summed E-state index contributed by atoms with van der Waals surface area (Å²) in [6.45, 7) is 4.38. The van der Waals surface area contributed by atoms with Gasteiger partial charge in [0.15, 0.2) is 0 Å². The van der Waals surface area contributed by atoms with E-state index in [0.29, 0.717) is 10.5 Å². The van der Waals surface area contributed by atoms with Crippen molar-refractivity contribution in [3.8, 4) is 0 Å². The average molecular weight is 333 g/mol. The van der Waals surface area contributed by atoms with Crippen molar-refractivity contribution in [2.24, 2.45) is 0 Å². The molecule has 24 heavy (non-hydrogen) atoms. The molecule has 0 aliphatic heterocycles. The summed E-state index contributed by atoms with van der Waals surface area (Å²) in [5.74, 6) is 0.201. The van der Waals surface area contributed by atoms with Gasteiger partial charge in [0.05, 0.1) is 6.10 Å². The summed E-state index contributed by atoms with van der Waals surface area (Å²) in [5, 5.41) is 0. The minimum absolute atomic E-state index is 0.0417. The standard InChI is InChI=1S/C22H24OSi/c1-16-10-6-8-14-19(16)21(20-15-9-7-11-17(20)2)22(23-24)18-12-4-3-5-13-18/h3-15,21-22H,1-2,24H3. The molecule has 0 aliphatic carbocycles. The highest BCUT2D eigenvalue weighted by Gasteiger charge is 2.28. The molecule has 0 N–H and O–H groups in total. The minimum Gasteiger partial charge on any atom is -0.420 e. The first-order chi connectivity index (χ1) is 11.7. The summed E-state index contributed by atoms with van der Waals surface area (Å²) >= 11 is 0. The van der Waals surface area contributed by atoms with Gasteiger partial charge >= 0.3 is 0 Å². The number of aryl methyl sites for hydroxylation is 2. The van der Waals surface area contributed by atoms with Crippen LogP contribution in [0.1, 0.15) is 39.8 Å². The number of rotatable bonds is 5. The maximum atomic E-state index is 6.16. The summed E-state index contributed by atoms with van der Waals surface area (Å²) in [5.41, 5.74) is 6.55. The van der Waals surface area contributed by atoms with Crippen LogP contribution in [0.5, 0.6) is 0 Å². The van der Waals surface area contributed by atoms with Crippen molar-refractivity contribution in [3.63, 3.8) is 0 Å². The van der Waals surface area contributed by atoms with E-state index in [-0.39, 0.29) is 12.0 Å². The van der Waals surface area contributed by atoms with Crippen LogP contribution in [-0.2, 0) is 4.43 Å². The molecule has 2 heteroatoms. The Kier molecular flexibility index (Phi) is 5.29. The predicted octanol–water partition coefficient (Wildman–Crippen LogP) is 4.47. The molecular formula is C22H24OSi. The van der Waals surface area contributed by atoms with Crippen LogP contribution < -0.4 is 0 Å². The largest absolute Gasteiger partial charge is 0.420 e. The molecule has 0 saturated carbocycles. The van der Waals surface area contributed by atoms with Crippen LogP contribution in [0.2, 0.25) is 0 Å². The molecule has 1 atom stereocenters. The van der Waals surface area contributed by atoms with Crippen LogP contribution in [0, 0.1) is 13.8 Å². The molecule has 0 radical (unpaired) electrons. The molecule has 0 amide bonds. The van der Waals surface area contributed by atoms with Crippen LogP contribution in [0.15, 0.2) is 78.9 Å². The topological polar surface area (TPSA) is 9.23 Å². The Morgan fingerprint density at radius 2 is 1.12 bits per heavy atom. The SMILES string of the molecule is Cc1ccccc1C(c1ccccc1C)C(O[SiH3])c1ccccc1. The molecule has 0 aliphatic rings. The molecule has 1 unspecified atom stereocenters. The Morgan fingerprint density at radius 1 is 0.667 bits per heavy atom. The van der Waals surface area contributed by atoms with Crippen molar-refractivity contribution in [3.05, 3.63) is 107 Å². The first-order valence-corrected chi connectivity index (χ1v) is 9.23. The first-order valence-electron chi connectivity index (χ1n) is 8.41. The number of hydrogen-bond acceptors (Lipinski definition) is 1. The van der Waals surface area contributed by atoms with Gasteiger partial charge in [0, 0.05) is 5.92 Å². The van der Waals surface area contributed by atoms with E-state index in [4.69, 9.17) is 4.43 Å². The van der Waals surface area contributed by atoms with Crippen LogP contribution in [-0.4, -0.2) is 10.5 Å². The van der Waals surface area contributed by atoms with Gasteiger partial charge in [-0.1, -0.05) is 78.9 Å². The molecule has 3 rings (SSSR count). The molecular weight excluding hydrogens is 308 g/mol. The zero-order valence-electron chi connectivity index (χ0n) is 14.6. The molecule has 0 spiro atoms. The first kappa shape index (κ1) is 16.7. The number of benzene rings is 3. The molecule has 0 aromatic heterocycles. The van der Waals surface area contributed by atoms with Gasteiger partial charge < -0.3 is 4.43 Å². The molecule has 3 aromatic rings. The highest BCUT2D eigenvalue weighted by atomic mass is 28.2. The summed E-state index contributed by atoms with van der Waals surface area (Å²) in [6, 6.07) is 27.9. The maximum Gasteiger partial charge on any atom is 0.146 e. The third-order valence-corrected chi connectivity index (χ3v) is 5.24. The van der Waals surface area contributed by atoms with Crippen molar-refractivity contribution < 1.29 is 4.43 Å². The summed E-state index contributed by atoms with van der Waals surface area (Å²) in [4.78, 5) is 0. The van der Waals surface area contributed by atoms with E-state index in [1.807, 2.05) is 0 Å². The van der Waals surface area contributed by atoms with Gasteiger partial charge in [0.1, 0.15) is 10.5 Å². The van der Waals surface area contributed by atoms with Crippen molar-refractivity contribution in [2.45, 2.75) is 25.9 Å². The van der Waals surface area contributed by atoms with Crippen molar-refractivity contribution in [1.82, 2.24) is 0 Å². The maximum absolute atomic E-state index is 6.16. The van der Waals surface area contributed by atoms with Crippen molar-refractivity contribution >= 4 is 10.5 Å². The third-order valence-electron chi connectivity index (χ3n) is 4.73. The van der Waals surface area contributed by atoms with E-state index < -0.39 is 0 Å². The third kappa shape index (κ3) is 3.35. The van der Waals surface area contributed by atoms with E-state index in [1.54, 1.807) is 0 Å². The van der Waals surface area contributed by atoms with Gasteiger partial charge in [0.25, 0.3) is 0 Å². The fraction of sp³-hybridized carbons (Fsp3) is 0.182. The smallest absolute Gasteiger partial charge is 0.146 e. The van der Waals surface area contributed by atoms with Crippen LogP contribution in [0.3, 0.4) is 0 Å². The fourth-order valence-electron chi connectivity index (χ4n) is 3.47. The summed E-state index contributed by atoms with van der Waals surface area (Å²) < 4.78 is 6.16. The second-order valence-electron chi connectivity index (χ2n) is 6.26. The van der Waals surface area contributed by atoms with Gasteiger partial charge in [0.2, 0.25) is 0 Å². The summed E-state index contributed by atoms with van der Waals surface area (Å²) in [6.07, 6.45) is 0.0417. The van der Waals surface area contributed by atoms with Crippen molar-refractivity contribution in [1.29, 1.82) is 0 Å². The Labute approximate surface area is 147 Å². The van der Waals surface area contributed by atoms with Gasteiger partial charge in [-0.3, -0.25) is 0 Å². The second-order valence-corrected chi connectivity index (χ2v) is 6.73. The van der Waals surface area contributed by atoms with Crippen LogP contribution in [0.25, 0.3) is 0 Å². The Morgan fingerprint density at radius 3 is 1.58 bits per heavy atom. The minimum atomic E-state index is 0.0417. The normalized spacial score (nSPS) is 12.5. The Balaban J connectivity index is 2.19. The zero-order chi connectivity index (χ0) is 16.9. The summed E-state index contributed by atoms with van der Waals surface area (Å²) in [7, 11) is 0.703. The molecule has 0 heterocycles. The van der Waals surface area contributed by atoms with E-state index >= 15 is 0 Å². The molecule has 0 saturated heterocycles. The zero-order valence-corrected chi connectivity index (χ0v) is 16.6. The van der Waals surface area contributed by atoms with Gasteiger partial charge in [-0.25, -0.2) is 0 Å². The Bertz CT molecular complexity index is 752. The lowest BCUT2D eigenvalue weighted by molar-refractivity contribution is 0.205. The molecule has 3 aromatic carbocycles. The quantitative estimate of drug-likeness (QED) is 0.626. The van der Waals surface area contributed by atoms with E-state index in [9.17, 15) is 0 Å². The lowest BCUT2D eigenvalue weighted by Crippen LogP contribution is -2.17.